The molecular weight excluding hydrogens is 445 g/mol. The van der Waals surface area contributed by atoms with Crippen molar-refractivity contribution in [2.45, 2.75) is 26.3 Å². The lowest BCUT2D eigenvalue weighted by atomic mass is 9.99. The molecule has 35 heavy (non-hydrogen) atoms. The number of fused-ring (bicyclic) bond motifs is 1. The second-order valence-electron chi connectivity index (χ2n) is 8.29. The van der Waals surface area contributed by atoms with Gasteiger partial charge in [0.15, 0.2) is 0 Å². The first kappa shape index (κ1) is 24.3. The van der Waals surface area contributed by atoms with E-state index in [-0.39, 0.29) is 17.8 Å². The highest BCUT2D eigenvalue weighted by atomic mass is 19.1. The van der Waals surface area contributed by atoms with Crippen LogP contribution in [0.3, 0.4) is 0 Å². The summed E-state index contributed by atoms with van der Waals surface area (Å²) in [7, 11) is 1.80. The van der Waals surface area contributed by atoms with Gasteiger partial charge in [-0.15, -0.1) is 0 Å². The number of pyridine rings is 1. The van der Waals surface area contributed by atoms with Crippen LogP contribution in [0.4, 0.5) is 4.39 Å². The molecule has 2 aromatic carbocycles. The molecule has 0 bridgehead atoms. The van der Waals surface area contributed by atoms with Crippen molar-refractivity contribution in [2.24, 2.45) is 0 Å². The molecule has 0 fully saturated rings. The van der Waals surface area contributed by atoms with Crippen LogP contribution in [0, 0.1) is 5.82 Å². The number of nitrogens with one attached hydrogen (secondary N) is 2. The summed E-state index contributed by atoms with van der Waals surface area (Å²) in [5.41, 5.74) is 3.71. The lowest BCUT2D eigenvalue weighted by Gasteiger charge is -2.29. The molecular formula is C27H30FN5O2. The number of H-pyrrole nitrogens is 1. The maximum absolute atomic E-state index is 13.8. The molecule has 0 saturated heterocycles. The SMILES string of the molecule is CCNCC[C@H](c1cncc2cn[nH]c12)N(C)C(=O)c1ccc(-c2cccc(F)c2)c(OCC)c1. The quantitative estimate of drug-likeness (QED) is 0.316. The molecule has 0 radical (unpaired) electrons. The molecule has 2 heterocycles. The molecule has 7 nitrogen and oxygen atoms in total. The Hall–Kier alpha value is -3.78. The largest absolute Gasteiger partial charge is 0.493 e. The van der Waals surface area contributed by atoms with Gasteiger partial charge in [0.2, 0.25) is 0 Å². The van der Waals surface area contributed by atoms with Crippen molar-refractivity contribution in [3.63, 3.8) is 0 Å². The van der Waals surface area contributed by atoms with Gasteiger partial charge in [0.1, 0.15) is 11.6 Å². The second-order valence-corrected chi connectivity index (χ2v) is 8.29. The fourth-order valence-corrected chi connectivity index (χ4v) is 4.28. The molecule has 1 amide bonds. The Bertz CT molecular complexity index is 1310. The minimum absolute atomic E-state index is 0.144. The van der Waals surface area contributed by atoms with Crippen LogP contribution in [-0.4, -0.2) is 52.7 Å². The van der Waals surface area contributed by atoms with Gasteiger partial charge in [-0.25, -0.2) is 4.39 Å². The number of aromatic nitrogens is 3. The van der Waals surface area contributed by atoms with Crippen LogP contribution in [0.1, 0.15) is 42.2 Å². The topological polar surface area (TPSA) is 83.1 Å². The first-order chi connectivity index (χ1) is 17.0. The van der Waals surface area contributed by atoms with Crippen molar-refractivity contribution in [1.29, 1.82) is 0 Å². The lowest BCUT2D eigenvalue weighted by Crippen LogP contribution is -2.33. The maximum Gasteiger partial charge on any atom is 0.254 e. The van der Waals surface area contributed by atoms with Crippen LogP contribution in [0.5, 0.6) is 5.75 Å². The van der Waals surface area contributed by atoms with Crippen molar-refractivity contribution in [3.05, 3.63) is 78.0 Å². The van der Waals surface area contributed by atoms with Gasteiger partial charge >= 0.3 is 0 Å². The van der Waals surface area contributed by atoms with Crippen LogP contribution in [0.25, 0.3) is 22.0 Å². The fourth-order valence-electron chi connectivity index (χ4n) is 4.28. The minimum atomic E-state index is -0.324. The lowest BCUT2D eigenvalue weighted by molar-refractivity contribution is 0.0723. The zero-order chi connectivity index (χ0) is 24.8. The molecule has 8 heteroatoms. The van der Waals surface area contributed by atoms with E-state index >= 15 is 0 Å². The number of carbonyl (C=O) groups is 1. The highest BCUT2D eigenvalue weighted by Gasteiger charge is 2.26. The Morgan fingerprint density at radius 2 is 2.03 bits per heavy atom. The van der Waals surface area contributed by atoms with Crippen molar-refractivity contribution in [3.8, 4) is 16.9 Å². The van der Waals surface area contributed by atoms with Crippen LogP contribution in [-0.2, 0) is 0 Å². The smallest absolute Gasteiger partial charge is 0.254 e. The van der Waals surface area contributed by atoms with Crippen molar-refractivity contribution in [2.75, 3.05) is 26.7 Å². The number of rotatable bonds is 10. The van der Waals surface area contributed by atoms with E-state index in [2.05, 4.69) is 27.4 Å². The molecule has 182 valence electrons. The molecule has 0 aliphatic rings. The van der Waals surface area contributed by atoms with E-state index in [0.29, 0.717) is 29.9 Å². The van der Waals surface area contributed by atoms with Crippen LogP contribution in [0.15, 0.2) is 61.1 Å². The van der Waals surface area contributed by atoms with Crippen LogP contribution >= 0.6 is 0 Å². The summed E-state index contributed by atoms with van der Waals surface area (Å²) in [6, 6.07) is 11.4. The van der Waals surface area contributed by atoms with Gasteiger partial charge in [0.05, 0.1) is 24.4 Å². The summed E-state index contributed by atoms with van der Waals surface area (Å²) in [4.78, 5) is 19.8. The van der Waals surface area contributed by atoms with E-state index in [1.54, 1.807) is 48.7 Å². The van der Waals surface area contributed by atoms with Gasteiger partial charge in [-0.3, -0.25) is 14.9 Å². The minimum Gasteiger partial charge on any atom is -0.493 e. The second kappa shape index (κ2) is 11.1. The third-order valence-corrected chi connectivity index (χ3v) is 6.04. The summed E-state index contributed by atoms with van der Waals surface area (Å²) < 4.78 is 19.7. The number of hydrogen-bond donors (Lipinski definition) is 2. The predicted molar refractivity (Wildman–Crippen MR) is 135 cm³/mol. The molecule has 0 spiro atoms. The van der Waals surface area contributed by atoms with Crippen LogP contribution in [0.2, 0.25) is 0 Å². The van der Waals surface area contributed by atoms with Gasteiger partial charge in [-0.05, 0) is 62.3 Å². The van der Waals surface area contributed by atoms with Crippen molar-refractivity contribution in [1.82, 2.24) is 25.4 Å². The highest BCUT2D eigenvalue weighted by Crippen LogP contribution is 2.34. The summed E-state index contributed by atoms with van der Waals surface area (Å²) in [6.45, 7) is 5.94. The number of halogens is 1. The van der Waals surface area contributed by atoms with Gasteiger partial charge in [-0.1, -0.05) is 19.1 Å². The number of carbonyl (C=O) groups excluding carboxylic acids is 1. The number of amides is 1. The zero-order valence-electron chi connectivity index (χ0n) is 20.2. The summed E-state index contributed by atoms with van der Waals surface area (Å²) in [6.07, 6.45) is 5.98. The van der Waals surface area contributed by atoms with E-state index in [4.69, 9.17) is 4.74 Å². The Balaban J connectivity index is 1.68. The molecule has 0 saturated carbocycles. The third kappa shape index (κ3) is 5.33. The Morgan fingerprint density at radius 1 is 1.17 bits per heavy atom. The highest BCUT2D eigenvalue weighted by molar-refractivity contribution is 5.96. The monoisotopic (exact) mass is 475 g/mol. The average molecular weight is 476 g/mol. The van der Waals surface area contributed by atoms with Gasteiger partial charge < -0.3 is 15.0 Å². The fraction of sp³-hybridized carbons (Fsp3) is 0.296. The van der Waals surface area contributed by atoms with E-state index in [1.165, 1.54) is 12.1 Å². The standard InChI is InChI=1S/C27H30FN5O2/c1-4-29-12-11-24(23-17-30-15-20-16-31-32-26(20)23)33(3)27(34)19-9-10-22(25(14-19)35-5-2)18-7-6-8-21(28)13-18/h6-10,13-17,24,29H,4-5,11-12H2,1-3H3,(H,31,32)/t24-/m1/s1. The van der Waals surface area contributed by atoms with Gasteiger partial charge in [0.25, 0.3) is 5.91 Å². The maximum atomic E-state index is 13.8. The van der Waals surface area contributed by atoms with Crippen molar-refractivity contribution >= 4 is 16.8 Å². The average Bonchev–Trinajstić information content (AvgIpc) is 3.35. The molecule has 4 aromatic rings. The first-order valence-electron chi connectivity index (χ1n) is 11.8. The Kier molecular flexibility index (Phi) is 7.72. The van der Waals surface area contributed by atoms with E-state index < -0.39 is 0 Å². The molecule has 2 N–H and O–H groups in total. The van der Waals surface area contributed by atoms with E-state index in [1.807, 2.05) is 19.1 Å². The number of nitrogens with zero attached hydrogens (tertiary/aromatic N) is 3. The van der Waals surface area contributed by atoms with E-state index in [0.717, 1.165) is 35.1 Å². The number of benzene rings is 2. The Morgan fingerprint density at radius 3 is 2.80 bits per heavy atom. The van der Waals surface area contributed by atoms with Crippen molar-refractivity contribution < 1.29 is 13.9 Å². The molecule has 0 aliphatic carbocycles. The van der Waals surface area contributed by atoms with Gasteiger partial charge in [0, 0.05) is 41.5 Å². The molecule has 0 unspecified atom stereocenters. The molecule has 1 atom stereocenters. The number of ether oxygens (including phenoxy) is 1. The normalized spacial score (nSPS) is 12.0. The molecule has 2 aromatic heterocycles. The van der Waals surface area contributed by atoms with Crippen LogP contribution < -0.4 is 10.1 Å². The third-order valence-electron chi connectivity index (χ3n) is 6.04. The van der Waals surface area contributed by atoms with Gasteiger partial charge in [-0.2, -0.15) is 5.10 Å². The predicted octanol–water partition coefficient (Wildman–Crippen LogP) is 4.98. The van der Waals surface area contributed by atoms with E-state index in [9.17, 15) is 9.18 Å². The summed E-state index contributed by atoms with van der Waals surface area (Å²) in [5.74, 6) is 0.0728. The number of hydrogen-bond acceptors (Lipinski definition) is 5. The molecule has 0 aliphatic heterocycles. The molecule has 4 rings (SSSR count). The zero-order valence-corrected chi connectivity index (χ0v) is 20.2. The first-order valence-corrected chi connectivity index (χ1v) is 11.8. The summed E-state index contributed by atoms with van der Waals surface area (Å²) >= 11 is 0. The Labute approximate surface area is 204 Å². The summed E-state index contributed by atoms with van der Waals surface area (Å²) in [5, 5.41) is 11.4. The number of aromatic amines is 1.